The third-order valence-electron chi connectivity index (χ3n) is 4.82. The van der Waals surface area contributed by atoms with Gasteiger partial charge < -0.3 is 24.5 Å². The minimum absolute atomic E-state index is 0.157. The Morgan fingerprint density at radius 1 is 0.938 bits per heavy atom. The summed E-state index contributed by atoms with van der Waals surface area (Å²) in [7, 11) is 0. The minimum Gasteiger partial charge on any atom is -0.454 e. The Morgan fingerprint density at radius 2 is 1.72 bits per heavy atom. The average molecular weight is 449 g/mol. The predicted molar refractivity (Wildman–Crippen MR) is 118 cm³/mol. The second kappa shape index (κ2) is 8.60. The van der Waals surface area contributed by atoms with Gasteiger partial charge in [-0.2, -0.15) is 0 Å². The number of benzene rings is 3. The zero-order valence-electron chi connectivity index (χ0n) is 16.6. The molecule has 160 valence electrons. The van der Waals surface area contributed by atoms with E-state index in [0.717, 1.165) is 11.1 Å². The Bertz CT molecular complexity index is 1240. The van der Waals surface area contributed by atoms with Gasteiger partial charge in [0.15, 0.2) is 11.5 Å². The lowest BCUT2D eigenvalue weighted by Gasteiger charge is -2.16. The van der Waals surface area contributed by atoms with Crippen LogP contribution in [0.15, 0.2) is 77.2 Å². The molecular weight excluding hydrogens is 432 g/mol. The number of nitrogens with zero attached hydrogens (tertiary/aromatic N) is 2. The van der Waals surface area contributed by atoms with Crippen LogP contribution in [0.25, 0.3) is 11.5 Å². The number of urea groups is 1. The van der Waals surface area contributed by atoms with Gasteiger partial charge in [0.1, 0.15) is 6.04 Å². The zero-order chi connectivity index (χ0) is 21.9. The number of fused-ring (bicyclic) bond motifs is 1. The van der Waals surface area contributed by atoms with Crippen molar-refractivity contribution in [1.29, 1.82) is 0 Å². The van der Waals surface area contributed by atoms with E-state index >= 15 is 0 Å². The number of amides is 2. The molecule has 1 aliphatic rings. The summed E-state index contributed by atoms with van der Waals surface area (Å²) in [5.41, 5.74) is 2.07. The molecule has 1 unspecified atom stereocenters. The number of nitrogens with one attached hydrogen (secondary N) is 2. The highest BCUT2D eigenvalue weighted by molar-refractivity contribution is 6.30. The molecule has 2 amide bonds. The van der Waals surface area contributed by atoms with Crippen LogP contribution >= 0.6 is 11.6 Å². The number of carbonyl (C=O) groups excluding carboxylic acids is 1. The number of aromatic nitrogens is 2. The molecule has 0 aliphatic carbocycles. The first-order valence-electron chi connectivity index (χ1n) is 9.77. The molecule has 2 N–H and O–H groups in total. The van der Waals surface area contributed by atoms with Crippen LogP contribution in [-0.2, 0) is 0 Å². The highest BCUT2D eigenvalue weighted by Gasteiger charge is 2.24. The quantitative estimate of drug-likeness (QED) is 0.444. The van der Waals surface area contributed by atoms with Gasteiger partial charge in [-0.3, -0.25) is 0 Å². The van der Waals surface area contributed by atoms with Crippen molar-refractivity contribution in [1.82, 2.24) is 15.5 Å². The number of hydrogen-bond acceptors (Lipinski definition) is 6. The number of rotatable bonds is 5. The summed E-state index contributed by atoms with van der Waals surface area (Å²) in [5, 5.41) is 14.6. The molecule has 1 aromatic heterocycles. The Kier molecular flexibility index (Phi) is 5.35. The van der Waals surface area contributed by atoms with Crippen molar-refractivity contribution >= 4 is 23.3 Å². The van der Waals surface area contributed by atoms with Crippen molar-refractivity contribution < 1.29 is 18.7 Å². The summed E-state index contributed by atoms with van der Waals surface area (Å²) in [6.45, 7) is 0.157. The lowest BCUT2D eigenvalue weighted by atomic mass is 10.1. The molecule has 1 aliphatic heterocycles. The molecule has 0 saturated carbocycles. The molecule has 2 heterocycles. The average Bonchev–Trinajstić information content (AvgIpc) is 3.48. The first-order valence-corrected chi connectivity index (χ1v) is 10.1. The SMILES string of the molecule is O=C(Nc1ccc2c(c1)OCO2)NC(c1ccc(Cl)cc1)c1nnc(-c2ccccc2)o1. The van der Waals surface area contributed by atoms with E-state index in [4.69, 9.17) is 25.5 Å². The Balaban J connectivity index is 1.40. The van der Waals surface area contributed by atoms with Crippen molar-refractivity contribution in [2.24, 2.45) is 0 Å². The molecular formula is C23H17ClN4O4. The van der Waals surface area contributed by atoms with E-state index in [0.29, 0.717) is 28.1 Å². The number of ether oxygens (including phenoxy) is 2. The van der Waals surface area contributed by atoms with E-state index in [1.165, 1.54) is 0 Å². The van der Waals surface area contributed by atoms with Gasteiger partial charge in [-0.1, -0.05) is 41.9 Å². The van der Waals surface area contributed by atoms with E-state index in [1.54, 1.807) is 42.5 Å². The Morgan fingerprint density at radius 3 is 2.53 bits per heavy atom. The standard InChI is InChI=1S/C23H17ClN4O4/c24-16-8-6-14(7-9-16)20(22-28-27-21(32-22)15-4-2-1-3-5-15)26-23(29)25-17-10-11-18-19(12-17)31-13-30-18/h1-12,20H,13H2,(H2,25,26,29). The van der Waals surface area contributed by atoms with Gasteiger partial charge in [-0.25, -0.2) is 4.79 Å². The smallest absolute Gasteiger partial charge is 0.320 e. The largest absolute Gasteiger partial charge is 0.454 e. The highest BCUT2D eigenvalue weighted by atomic mass is 35.5. The van der Waals surface area contributed by atoms with Crippen LogP contribution in [0.3, 0.4) is 0 Å². The van der Waals surface area contributed by atoms with Crippen LogP contribution in [0.5, 0.6) is 11.5 Å². The summed E-state index contributed by atoms with van der Waals surface area (Å²) in [6, 6.07) is 20.5. The topological polar surface area (TPSA) is 98.5 Å². The van der Waals surface area contributed by atoms with E-state index in [9.17, 15) is 4.79 Å². The number of carbonyl (C=O) groups is 1. The minimum atomic E-state index is -0.689. The van der Waals surface area contributed by atoms with Gasteiger partial charge in [-0.05, 0) is 42.0 Å². The van der Waals surface area contributed by atoms with Crippen LogP contribution in [0.4, 0.5) is 10.5 Å². The van der Waals surface area contributed by atoms with Crippen molar-refractivity contribution in [2.75, 3.05) is 12.1 Å². The van der Waals surface area contributed by atoms with E-state index in [1.807, 2.05) is 30.3 Å². The second-order valence-corrected chi connectivity index (χ2v) is 7.40. The first kappa shape index (κ1) is 19.9. The monoisotopic (exact) mass is 448 g/mol. The molecule has 4 aromatic rings. The molecule has 0 fully saturated rings. The second-order valence-electron chi connectivity index (χ2n) is 6.96. The van der Waals surface area contributed by atoms with Crippen LogP contribution < -0.4 is 20.1 Å². The number of halogens is 1. The van der Waals surface area contributed by atoms with E-state index in [2.05, 4.69) is 20.8 Å². The fourth-order valence-corrected chi connectivity index (χ4v) is 3.39. The van der Waals surface area contributed by atoms with Gasteiger partial charge in [0.2, 0.25) is 18.6 Å². The molecule has 1 atom stereocenters. The maximum atomic E-state index is 12.8. The lowest BCUT2D eigenvalue weighted by Crippen LogP contribution is -2.33. The maximum Gasteiger partial charge on any atom is 0.320 e. The van der Waals surface area contributed by atoms with Crippen LogP contribution in [0.1, 0.15) is 17.5 Å². The van der Waals surface area contributed by atoms with Crippen LogP contribution in [-0.4, -0.2) is 23.0 Å². The molecule has 0 saturated heterocycles. The lowest BCUT2D eigenvalue weighted by molar-refractivity contribution is 0.174. The summed E-state index contributed by atoms with van der Waals surface area (Å²) in [4.78, 5) is 12.8. The summed E-state index contributed by atoms with van der Waals surface area (Å²) in [6.07, 6.45) is 0. The predicted octanol–water partition coefficient (Wildman–Crippen LogP) is 5.03. The molecule has 3 aromatic carbocycles. The number of hydrogen-bond donors (Lipinski definition) is 2. The van der Waals surface area contributed by atoms with Gasteiger partial charge in [0.25, 0.3) is 0 Å². The summed E-state index contributed by atoms with van der Waals surface area (Å²) in [5.74, 6) is 1.81. The van der Waals surface area contributed by atoms with Crippen LogP contribution in [0, 0.1) is 0 Å². The van der Waals surface area contributed by atoms with Crippen molar-refractivity contribution in [2.45, 2.75) is 6.04 Å². The maximum absolute atomic E-state index is 12.8. The summed E-state index contributed by atoms with van der Waals surface area (Å²) < 4.78 is 16.5. The van der Waals surface area contributed by atoms with Crippen molar-refractivity contribution in [3.05, 3.63) is 89.3 Å². The molecule has 5 rings (SSSR count). The Hall–Kier alpha value is -4.04. The molecule has 0 radical (unpaired) electrons. The molecule has 8 nitrogen and oxygen atoms in total. The van der Waals surface area contributed by atoms with E-state index < -0.39 is 12.1 Å². The normalized spacial score (nSPS) is 12.9. The third kappa shape index (κ3) is 4.21. The van der Waals surface area contributed by atoms with Gasteiger partial charge in [0.05, 0.1) is 0 Å². The molecule has 32 heavy (non-hydrogen) atoms. The third-order valence-corrected chi connectivity index (χ3v) is 5.07. The van der Waals surface area contributed by atoms with Gasteiger partial charge in [0, 0.05) is 22.3 Å². The molecule has 0 bridgehead atoms. The fourth-order valence-electron chi connectivity index (χ4n) is 3.26. The zero-order valence-corrected chi connectivity index (χ0v) is 17.4. The van der Waals surface area contributed by atoms with Crippen LogP contribution in [0.2, 0.25) is 5.02 Å². The Labute approximate surface area is 188 Å². The van der Waals surface area contributed by atoms with Crippen molar-refractivity contribution in [3.63, 3.8) is 0 Å². The molecule has 9 heteroatoms. The van der Waals surface area contributed by atoms with Gasteiger partial charge in [-0.15, -0.1) is 10.2 Å². The fraction of sp³-hybridized carbons (Fsp3) is 0.0870. The number of anilines is 1. The molecule has 0 spiro atoms. The van der Waals surface area contributed by atoms with Crippen molar-refractivity contribution in [3.8, 4) is 23.0 Å². The van der Waals surface area contributed by atoms with E-state index in [-0.39, 0.29) is 12.7 Å². The van der Waals surface area contributed by atoms with Gasteiger partial charge >= 0.3 is 6.03 Å². The first-order chi connectivity index (χ1) is 15.7. The summed E-state index contributed by atoms with van der Waals surface area (Å²) >= 11 is 6.03. The highest BCUT2D eigenvalue weighted by Crippen LogP contribution is 2.34.